The van der Waals surface area contributed by atoms with Crippen LogP contribution in [0.4, 0.5) is 5.69 Å². The van der Waals surface area contributed by atoms with E-state index in [1.54, 1.807) is 7.11 Å². The Morgan fingerprint density at radius 1 is 1.24 bits per heavy atom. The molecule has 1 aromatic carbocycles. The van der Waals surface area contributed by atoms with Crippen LogP contribution < -0.4 is 10.1 Å². The minimum absolute atomic E-state index is 0.105. The molecule has 140 valence electrons. The van der Waals surface area contributed by atoms with Crippen molar-refractivity contribution < 1.29 is 14.3 Å². The van der Waals surface area contributed by atoms with Crippen LogP contribution in [0.3, 0.4) is 0 Å². The van der Waals surface area contributed by atoms with Crippen molar-refractivity contribution in [2.45, 2.75) is 51.6 Å². The number of benzene rings is 1. The highest BCUT2D eigenvalue weighted by Crippen LogP contribution is 2.22. The first-order chi connectivity index (χ1) is 12.1. The molecule has 25 heavy (non-hydrogen) atoms. The SMILES string of the molecule is CCCC[C@](C)(OC)C(=O)Nc1ccc(OCCN2CCCC2)cc1. The Morgan fingerprint density at radius 2 is 1.92 bits per heavy atom. The van der Waals surface area contributed by atoms with E-state index in [-0.39, 0.29) is 5.91 Å². The second kappa shape index (κ2) is 9.78. The van der Waals surface area contributed by atoms with E-state index >= 15 is 0 Å². The third kappa shape index (κ3) is 6.01. The van der Waals surface area contributed by atoms with E-state index < -0.39 is 5.60 Å². The maximum Gasteiger partial charge on any atom is 0.256 e. The lowest BCUT2D eigenvalue weighted by atomic mass is 9.97. The third-order valence-electron chi connectivity index (χ3n) is 4.93. The molecule has 0 spiro atoms. The third-order valence-corrected chi connectivity index (χ3v) is 4.93. The Bertz CT molecular complexity index is 526. The number of nitrogens with one attached hydrogen (secondary N) is 1. The molecule has 0 saturated carbocycles. The number of likely N-dealkylation sites (tertiary alicyclic amines) is 1. The van der Waals surface area contributed by atoms with Gasteiger partial charge in [-0.05, 0) is 63.5 Å². The van der Waals surface area contributed by atoms with Crippen molar-refractivity contribution in [1.82, 2.24) is 4.90 Å². The van der Waals surface area contributed by atoms with Gasteiger partial charge in [0.15, 0.2) is 0 Å². The number of hydrogen-bond donors (Lipinski definition) is 1. The molecule has 1 aromatic rings. The fraction of sp³-hybridized carbons (Fsp3) is 0.650. The van der Waals surface area contributed by atoms with E-state index in [9.17, 15) is 4.79 Å². The lowest BCUT2D eigenvalue weighted by Gasteiger charge is -2.26. The van der Waals surface area contributed by atoms with Gasteiger partial charge in [-0.3, -0.25) is 9.69 Å². The quantitative estimate of drug-likeness (QED) is 0.700. The average Bonchev–Trinajstić information content (AvgIpc) is 3.14. The van der Waals surface area contributed by atoms with Gasteiger partial charge in [0, 0.05) is 19.3 Å². The fourth-order valence-corrected chi connectivity index (χ4v) is 3.02. The van der Waals surface area contributed by atoms with Gasteiger partial charge in [0.2, 0.25) is 0 Å². The van der Waals surface area contributed by atoms with Gasteiger partial charge < -0.3 is 14.8 Å². The Morgan fingerprint density at radius 3 is 2.52 bits per heavy atom. The minimum atomic E-state index is -0.791. The van der Waals surface area contributed by atoms with Gasteiger partial charge in [-0.1, -0.05) is 19.8 Å². The summed E-state index contributed by atoms with van der Waals surface area (Å²) in [6, 6.07) is 7.55. The summed E-state index contributed by atoms with van der Waals surface area (Å²) in [7, 11) is 1.59. The molecule has 1 fully saturated rings. The first-order valence-corrected chi connectivity index (χ1v) is 9.39. The highest BCUT2D eigenvalue weighted by atomic mass is 16.5. The molecule has 1 amide bonds. The van der Waals surface area contributed by atoms with Gasteiger partial charge in [-0.25, -0.2) is 0 Å². The van der Waals surface area contributed by atoms with Gasteiger partial charge in [0.05, 0.1) is 0 Å². The molecule has 1 aliphatic heterocycles. The zero-order valence-electron chi connectivity index (χ0n) is 15.8. The normalized spacial score (nSPS) is 17.2. The summed E-state index contributed by atoms with van der Waals surface area (Å²) in [4.78, 5) is 14.9. The molecular weight excluding hydrogens is 316 g/mol. The van der Waals surface area contributed by atoms with Crippen molar-refractivity contribution in [3.63, 3.8) is 0 Å². The van der Waals surface area contributed by atoms with Crippen LogP contribution in [0.15, 0.2) is 24.3 Å². The van der Waals surface area contributed by atoms with Crippen molar-refractivity contribution in [1.29, 1.82) is 0 Å². The number of amides is 1. The van der Waals surface area contributed by atoms with Crippen LogP contribution in [0, 0.1) is 0 Å². The molecule has 0 bridgehead atoms. The fourth-order valence-electron chi connectivity index (χ4n) is 3.02. The van der Waals surface area contributed by atoms with Gasteiger partial charge in [0.1, 0.15) is 18.0 Å². The summed E-state index contributed by atoms with van der Waals surface area (Å²) >= 11 is 0. The number of rotatable bonds is 10. The second-order valence-electron chi connectivity index (χ2n) is 6.91. The summed E-state index contributed by atoms with van der Waals surface area (Å²) in [5.41, 5.74) is -0.0300. The number of methoxy groups -OCH3 is 1. The highest BCUT2D eigenvalue weighted by Gasteiger charge is 2.32. The van der Waals surface area contributed by atoms with Crippen LogP contribution in [0.5, 0.6) is 5.75 Å². The first-order valence-electron chi connectivity index (χ1n) is 9.39. The van der Waals surface area contributed by atoms with E-state index in [1.165, 1.54) is 25.9 Å². The number of carbonyl (C=O) groups is 1. The Hall–Kier alpha value is -1.59. The number of anilines is 1. The van der Waals surface area contributed by atoms with Crippen LogP contribution in [0.2, 0.25) is 0 Å². The molecule has 1 atom stereocenters. The van der Waals surface area contributed by atoms with Crippen LogP contribution in [-0.4, -0.2) is 49.8 Å². The average molecular weight is 348 g/mol. The molecule has 0 aliphatic carbocycles. The predicted octanol–water partition coefficient (Wildman–Crippen LogP) is 3.70. The van der Waals surface area contributed by atoms with Crippen molar-refractivity contribution >= 4 is 11.6 Å². The molecule has 1 heterocycles. The zero-order valence-corrected chi connectivity index (χ0v) is 15.8. The molecule has 5 nitrogen and oxygen atoms in total. The number of carbonyl (C=O) groups excluding carboxylic acids is 1. The van der Waals surface area contributed by atoms with E-state index in [0.29, 0.717) is 13.0 Å². The van der Waals surface area contributed by atoms with Crippen molar-refractivity contribution in [2.24, 2.45) is 0 Å². The monoisotopic (exact) mass is 348 g/mol. The van der Waals surface area contributed by atoms with Crippen molar-refractivity contribution in [2.75, 3.05) is 38.7 Å². The van der Waals surface area contributed by atoms with Gasteiger partial charge in [-0.15, -0.1) is 0 Å². The van der Waals surface area contributed by atoms with Crippen LogP contribution in [0.1, 0.15) is 46.0 Å². The molecule has 1 aliphatic rings. The summed E-state index contributed by atoms with van der Waals surface area (Å²) < 4.78 is 11.2. The Balaban J connectivity index is 1.81. The van der Waals surface area contributed by atoms with Crippen LogP contribution >= 0.6 is 0 Å². The molecule has 5 heteroatoms. The summed E-state index contributed by atoms with van der Waals surface area (Å²) in [6.07, 6.45) is 5.31. The number of ether oxygens (including phenoxy) is 2. The van der Waals surface area contributed by atoms with Crippen LogP contribution in [0.25, 0.3) is 0 Å². The van der Waals surface area contributed by atoms with Gasteiger partial charge >= 0.3 is 0 Å². The van der Waals surface area contributed by atoms with E-state index in [2.05, 4.69) is 17.1 Å². The molecular formula is C20H32N2O3. The Labute approximate surface area is 151 Å². The summed E-state index contributed by atoms with van der Waals surface area (Å²) in [6.45, 7) is 7.99. The van der Waals surface area contributed by atoms with Crippen molar-refractivity contribution in [3.05, 3.63) is 24.3 Å². The highest BCUT2D eigenvalue weighted by molar-refractivity contribution is 5.97. The van der Waals surface area contributed by atoms with E-state index in [0.717, 1.165) is 30.8 Å². The maximum atomic E-state index is 12.5. The first kappa shape index (κ1) is 19.7. The van der Waals surface area contributed by atoms with E-state index in [1.807, 2.05) is 31.2 Å². The number of nitrogens with zero attached hydrogens (tertiary/aromatic N) is 1. The van der Waals surface area contributed by atoms with E-state index in [4.69, 9.17) is 9.47 Å². The largest absolute Gasteiger partial charge is 0.492 e. The van der Waals surface area contributed by atoms with Gasteiger partial charge in [0.25, 0.3) is 5.91 Å². The minimum Gasteiger partial charge on any atom is -0.492 e. The molecule has 0 aromatic heterocycles. The standard InChI is InChI=1S/C20H32N2O3/c1-4-5-12-20(2,24-3)19(23)21-17-8-10-18(11-9-17)25-16-15-22-13-6-7-14-22/h8-11H,4-7,12-16H2,1-3H3,(H,21,23)/t20-/m0/s1. The maximum absolute atomic E-state index is 12.5. The van der Waals surface area contributed by atoms with Crippen LogP contribution in [-0.2, 0) is 9.53 Å². The molecule has 0 unspecified atom stereocenters. The Kier molecular flexibility index (Phi) is 7.72. The van der Waals surface area contributed by atoms with Crippen molar-refractivity contribution in [3.8, 4) is 5.75 Å². The second-order valence-corrected chi connectivity index (χ2v) is 6.91. The summed E-state index contributed by atoms with van der Waals surface area (Å²) in [5.74, 6) is 0.726. The lowest BCUT2D eigenvalue weighted by Crippen LogP contribution is -2.41. The molecule has 2 rings (SSSR count). The number of hydrogen-bond acceptors (Lipinski definition) is 4. The zero-order chi connectivity index (χ0) is 18.1. The topological polar surface area (TPSA) is 50.8 Å². The molecule has 1 N–H and O–H groups in total. The number of unbranched alkanes of at least 4 members (excludes halogenated alkanes) is 1. The summed E-state index contributed by atoms with van der Waals surface area (Å²) in [5, 5.41) is 2.94. The predicted molar refractivity (Wildman–Crippen MR) is 101 cm³/mol. The smallest absolute Gasteiger partial charge is 0.256 e. The van der Waals surface area contributed by atoms with Gasteiger partial charge in [-0.2, -0.15) is 0 Å². The lowest BCUT2D eigenvalue weighted by molar-refractivity contribution is -0.136. The molecule has 1 saturated heterocycles. The molecule has 0 radical (unpaired) electrons.